The van der Waals surface area contributed by atoms with Gasteiger partial charge in [0.1, 0.15) is 0 Å². The van der Waals surface area contributed by atoms with Gasteiger partial charge in [-0.3, -0.25) is 4.99 Å². The summed E-state index contributed by atoms with van der Waals surface area (Å²) >= 11 is 0. The molecule has 2 atom stereocenters. The second kappa shape index (κ2) is 9.04. The zero-order chi connectivity index (χ0) is 16.2. The maximum absolute atomic E-state index is 6.09. The molecule has 3 rings (SSSR count). The maximum Gasteiger partial charge on any atom is 0.193 e. The number of hydrogen-bond acceptors (Lipinski definition) is 2. The third-order valence-corrected chi connectivity index (χ3v) is 5.02. The number of aliphatic imine (C=N–C) groups is 1. The van der Waals surface area contributed by atoms with Crippen LogP contribution in [0.15, 0.2) is 23.2 Å². The molecular weight excluding hydrogens is 413 g/mol. The van der Waals surface area contributed by atoms with E-state index in [1.54, 1.807) is 0 Å². The van der Waals surface area contributed by atoms with E-state index in [0.29, 0.717) is 23.9 Å². The molecule has 3 N–H and O–H groups in total. The Hall–Kier alpha value is -0.820. The van der Waals surface area contributed by atoms with Crippen LogP contribution in [-0.2, 0) is 17.6 Å². The van der Waals surface area contributed by atoms with Crippen molar-refractivity contribution in [3.63, 3.8) is 0 Å². The summed E-state index contributed by atoms with van der Waals surface area (Å²) in [6.07, 6.45) is 6.26. The van der Waals surface area contributed by atoms with Gasteiger partial charge in [-0.15, -0.1) is 24.0 Å². The van der Waals surface area contributed by atoms with Crippen LogP contribution in [0, 0.1) is 11.8 Å². The minimum absolute atomic E-state index is 0. The Bertz CT molecular complexity index is 574. The highest BCUT2D eigenvalue weighted by Gasteiger charge is 2.28. The van der Waals surface area contributed by atoms with Crippen molar-refractivity contribution >= 4 is 35.6 Å². The minimum Gasteiger partial charge on any atom is -0.378 e. The van der Waals surface area contributed by atoms with E-state index in [4.69, 9.17) is 10.5 Å². The van der Waals surface area contributed by atoms with E-state index in [2.05, 4.69) is 42.4 Å². The predicted molar refractivity (Wildman–Crippen MR) is 111 cm³/mol. The summed E-state index contributed by atoms with van der Waals surface area (Å²) in [4.78, 5) is 4.57. The quantitative estimate of drug-likeness (QED) is 0.421. The van der Waals surface area contributed by atoms with Gasteiger partial charge in [-0.2, -0.15) is 0 Å². The molecule has 0 spiro atoms. The van der Waals surface area contributed by atoms with Crippen molar-refractivity contribution in [2.45, 2.75) is 52.1 Å². The number of benzene rings is 1. The number of halogens is 1. The van der Waals surface area contributed by atoms with Gasteiger partial charge in [-0.1, -0.05) is 19.9 Å². The first-order valence-electron chi connectivity index (χ1n) is 8.94. The van der Waals surface area contributed by atoms with Gasteiger partial charge in [0.05, 0.1) is 6.10 Å². The van der Waals surface area contributed by atoms with Crippen LogP contribution < -0.4 is 11.1 Å². The van der Waals surface area contributed by atoms with Crippen LogP contribution in [0.4, 0.5) is 5.69 Å². The molecule has 0 amide bonds. The Morgan fingerprint density at radius 3 is 2.88 bits per heavy atom. The summed E-state index contributed by atoms with van der Waals surface area (Å²) in [5, 5.41) is 3.24. The molecule has 0 bridgehead atoms. The van der Waals surface area contributed by atoms with E-state index >= 15 is 0 Å². The summed E-state index contributed by atoms with van der Waals surface area (Å²) in [5.74, 6) is 1.52. The molecule has 5 heteroatoms. The molecule has 4 nitrogen and oxygen atoms in total. The van der Waals surface area contributed by atoms with Crippen LogP contribution in [-0.4, -0.2) is 25.2 Å². The fourth-order valence-electron chi connectivity index (χ4n) is 3.85. The van der Waals surface area contributed by atoms with Gasteiger partial charge in [0.2, 0.25) is 0 Å². The van der Waals surface area contributed by atoms with Gasteiger partial charge in [0.15, 0.2) is 5.96 Å². The van der Waals surface area contributed by atoms with E-state index in [-0.39, 0.29) is 24.0 Å². The van der Waals surface area contributed by atoms with E-state index in [1.807, 2.05) is 0 Å². The molecule has 1 saturated heterocycles. The smallest absolute Gasteiger partial charge is 0.193 e. The van der Waals surface area contributed by atoms with Gasteiger partial charge in [-0.25, -0.2) is 0 Å². The zero-order valence-electron chi connectivity index (χ0n) is 14.8. The molecule has 1 heterocycles. The molecule has 134 valence electrons. The van der Waals surface area contributed by atoms with Gasteiger partial charge in [-0.05, 0) is 61.3 Å². The standard InChI is InChI=1S/C19H29N3O.HI/c1-13(2)18-16(7-4-10-23-18)12-21-19(20)22-17-9-8-14-5-3-6-15(14)11-17;/h8-9,11,13,16,18H,3-7,10,12H2,1-2H3,(H3,20,21,22);1H. The Kier molecular flexibility index (Phi) is 7.34. The largest absolute Gasteiger partial charge is 0.378 e. The van der Waals surface area contributed by atoms with Crippen molar-refractivity contribution in [1.82, 2.24) is 0 Å². The summed E-state index contributed by atoms with van der Waals surface area (Å²) in [6.45, 7) is 6.07. The van der Waals surface area contributed by atoms with E-state index < -0.39 is 0 Å². The first-order valence-corrected chi connectivity index (χ1v) is 8.94. The molecule has 1 aromatic carbocycles. The molecular formula is C19H30IN3O. The van der Waals surface area contributed by atoms with Crippen LogP contribution in [0.5, 0.6) is 0 Å². The number of anilines is 1. The number of nitrogens with one attached hydrogen (secondary N) is 1. The molecule has 2 aliphatic rings. The first kappa shape index (κ1) is 19.5. The second-order valence-electron chi connectivity index (χ2n) is 7.17. The van der Waals surface area contributed by atoms with Crippen LogP contribution >= 0.6 is 24.0 Å². The molecule has 24 heavy (non-hydrogen) atoms. The van der Waals surface area contributed by atoms with Crippen LogP contribution in [0.2, 0.25) is 0 Å². The summed E-state index contributed by atoms with van der Waals surface area (Å²) < 4.78 is 5.92. The first-order chi connectivity index (χ1) is 11.1. The Morgan fingerprint density at radius 2 is 2.08 bits per heavy atom. The summed E-state index contributed by atoms with van der Waals surface area (Å²) in [5.41, 5.74) is 10.1. The third-order valence-electron chi connectivity index (χ3n) is 5.02. The Balaban J connectivity index is 0.00000208. The van der Waals surface area contributed by atoms with Crippen molar-refractivity contribution < 1.29 is 4.74 Å². The van der Waals surface area contributed by atoms with E-state index in [9.17, 15) is 0 Å². The normalized spacial score (nSPS) is 23.7. The number of hydrogen-bond donors (Lipinski definition) is 2. The van der Waals surface area contributed by atoms with E-state index in [0.717, 1.165) is 25.3 Å². The number of aryl methyl sites for hydroxylation is 2. The molecule has 1 aliphatic carbocycles. The lowest BCUT2D eigenvalue weighted by Crippen LogP contribution is -2.36. The summed E-state index contributed by atoms with van der Waals surface area (Å²) in [7, 11) is 0. The average molecular weight is 443 g/mol. The van der Waals surface area contributed by atoms with Crippen molar-refractivity contribution in [3.05, 3.63) is 29.3 Å². The predicted octanol–water partition coefficient (Wildman–Crippen LogP) is 3.97. The van der Waals surface area contributed by atoms with Crippen LogP contribution in [0.3, 0.4) is 0 Å². The molecule has 1 aromatic rings. The molecule has 1 fully saturated rings. The van der Waals surface area contributed by atoms with Gasteiger partial charge >= 0.3 is 0 Å². The minimum atomic E-state index is 0. The Labute approximate surface area is 162 Å². The van der Waals surface area contributed by atoms with Crippen molar-refractivity contribution in [2.24, 2.45) is 22.6 Å². The second-order valence-corrected chi connectivity index (χ2v) is 7.17. The number of guanidine groups is 1. The van der Waals surface area contributed by atoms with Crippen LogP contribution in [0.1, 0.15) is 44.2 Å². The highest BCUT2D eigenvalue weighted by Crippen LogP contribution is 2.27. The van der Waals surface area contributed by atoms with Crippen molar-refractivity contribution in [3.8, 4) is 0 Å². The van der Waals surface area contributed by atoms with Gasteiger partial charge in [0.25, 0.3) is 0 Å². The topological polar surface area (TPSA) is 59.6 Å². The Morgan fingerprint density at radius 1 is 1.29 bits per heavy atom. The lowest BCUT2D eigenvalue weighted by Gasteiger charge is -2.33. The SMILES string of the molecule is CC(C)C1OCCCC1CN=C(N)Nc1ccc2c(c1)CCC2.I. The van der Waals surface area contributed by atoms with Gasteiger partial charge in [0, 0.05) is 24.8 Å². The highest BCUT2D eigenvalue weighted by molar-refractivity contribution is 14.0. The lowest BCUT2D eigenvalue weighted by molar-refractivity contribution is -0.0491. The zero-order valence-corrected chi connectivity index (χ0v) is 17.1. The van der Waals surface area contributed by atoms with Crippen molar-refractivity contribution in [1.29, 1.82) is 0 Å². The molecule has 1 aliphatic heterocycles. The molecule has 0 saturated carbocycles. The molecule has 2 unspecified atom stereocenters. The fourth-order valence-corrected chi connectivity index (χ4v) is 3.85. The number of fused-ring (bicyclic) bond motifs is 1. The molecule has 0 radical (unpaired) electrons. The number of nitrogens with zero attached hydrogens (tertiary/aromatic N) is 1. The number of rotatable bonds is 4. The summed E-state index contributed by atoms with van der Waals surface area (Å²) in [6, 6.07) is 6.53. The fraction of sp³-hybridized carbons (Fsp3) is 0.632. The third kappa shape index (κ3) is 4.85. The van der Waals surface area contributed by atoms with Crippen molar-refractivity contribution in [2.75, 3.05) is 18.5 Å². The highest BCUT2D eigenvalue weighted by atomic mass is 127. The number of nitrogens with two attached hydrogens (primary N) is 1. The lowest BCUT2D eigenvalue weighted by atomic mass is 9.87. The molecule has 0 aromatic heterocycles. The maximum atomic E-state index is 6.09. The van der Waals surface area contributed by atoms with Crippen LogP contribution in [0.25, 0.3) is 0 Å². The van der Waals surface area contributed by atoms with Gasteiger partial charge < -0.3 is 15.8 Å². The van der Waals surface area contributed by atoms with E-state index in [1.165, 1.54) is 36.8 Å². The average Bonchev–Trinajstić information content (AvgIpc) is 3.00. The monoisotopic (exact) mass is 443 g/mol. The number of ether oxygens (including phenoxy) is 1.